The van der Waals surface area contributed by atoms with Crippen molar-refractivity contribution in [3.8, 4) is 0 Å². The van der Waals surface area contributed by atoms with Gasteiger partial charge in [0.2, 0.25) is 0 Å². The van der Waals surface area contributed by atoms with Gasteiger partial charge in [0, 0.05) is 50.5 Å². The quantitative estimate of drug-likeness (QED) is 0.747. The largest absolute Gasteiger partial charge is 0.395 e. The van der Waals surface area contributed by atoms with Crippen molar-refractivity contribution >= 4 is 5.69 Å². The van der Waals surface area contributed by atoms with E-state index in [1.54, 1.807) is 6.07 Å². The number of halogens is 1. The van der Waals surface area contributed by atoms with Gasteiger partial charge in [-0.05, 0) is 25.1 Å². The first-order valence-corrected chi connectivity index (χ1v) is 7.82. The normalized spacial score (nSPS) is 16.4. The molecule has 5 heteroatoms. The molecule has 2 N–H and O–H groups in total. The minimum absolute atomic E-state index is 0.131. The Bertz CT molecular complexity index is 434. The van der Waals surface area contributed by atoms with Crippen LogP contribution in [0.3, 0.4) is 0 Å². The van der Waals surface area contributed by atoms with Crippen molar-refractivity contribution in [2.24, 2.45) is 0 Å². The highest BCUT2D eigenvalue weighted by Crippen LogP contribution is 2.24. The van der Waals surface area contributed by atoms with Gasteiger partial charge >= 0.3 is 0 Å². The van der Waals surface area contributed by atoms with Crippen molar-refractivity contribution in [3.05, 3.63) is 29.6 Å². The summed E-state index contributed by atoms with van der Waals surface area (Å²) in [4.78, 5) is 4.49. The van der Waals surface area contributed by atoms with E-state index in [2.05, 4.69) is 22.0 Å². The standard InChI is InChI=1S/C16H26FN3O/c1-2-6-18-13-14-15(17)4-3-5-16(14)20-9-7-19(8-10-20)11-12-21/h3-5,18,21H,2,6-13H2,1H3. The summed E-state index contributed by atoms with van der Waals surface area (Å²) in [7, 11) is 0. The number of β-amino-alcohol motifs (C(OH)–C–C–N with tert-alkyl or cyclic N) is 1. The third-order valence-corrected chi connectivity index (χ3v) is 3.95. The van der Waals surface area contributed by atoms with E-state index in [1.807, 2.05) is 6.07 Å². The Kier molecular flexibility index (Phi) is 6.42. The van der Waals surface area contributed by atoms with E-state index in [0.29, 0.717) is 6.54 Å². The van der Waals surface area contributed by atoms with Crippen LogP contribution in [-0.2, 0) is 6.54 Å². The number of hydrogen-bond acceptors (Lipinski definition) is 4. The molecule has 0 aromatic heterocycles. The topological polar surface area (TPSA) is 38.7 Å². The molecule has 1 aliphatic rings. The highest BCUT2D eigenvalue weighted by atomic mass is 19.1. The van der Waals surface area contributed by atoms with Gasteiger partial charge in [0.25, 0.3) is 0 Å². The van der Waals surface area contributed by atoms with Crippen molar-refractivity contribution in [3.63, 3.8) is 0 Å². The first-order chi connectivity index (χ1) is 10.3. The Morgan fingerprint density at radius 2 is 2.00 bits per heavy atom. The Morgan fingerprint density at radius 3 is 2.67 bits per heavy atom. The highest BCUT2D eigenvalue weighted by Gasteiger charge is 2.20. The minimum Gasteiger partial charge on any atom is -0.395 e. The molecule has 0 unspecified atom stereocenters. The van der Waals surface area contributed by atoms with Crippen LogP contribution in [0.1, 0.15) is 18.9 Å². The van der Waals surface area contributed by atoms with Crippen molar-refractivity contribution in [2.75, 3.05) is 50.8 Å². The van der Waals surface area contributed by atoms with E-state index < -0.39 is 0 Å². The number of nitrogens with zero attached hydrogens (tertiary/aromatic N) is 2. The van der Waals surface area contributed by atoms with Gasteiger partial charge in [-0.1, -0.05) is 13.0 Å². The summed E-state index contributed by atoms with van der Waals surface area (Å²) in [5.74, 6) is -0.131. The smallest absolute Gasteiger partial charge is 0.129 e. The maximum atomic E-state index is 14.1. The first-order valence-electron chi connectivity index (χ1n) is 7.82. The van der Waals surface area contributed by atoms with Crippen molar-refractivity contribution in [1.82, 2.24) is 10.2 Å². The monoisotopic (exact) mass is 295 g/mol. The van der Waals surface area contributed by atoms with Crippen LogP contribution in [0.4, 0.5) is 10.1 Å². The molecule has 1 aliphatic heterocycles. The number of rotatable bonds is 7. The van der Waals surface area contributed by atoms with E-state index in [-0.39, 0.29) is 12.4 Å². The summed E-state index contributed by atoms with van der Waals surface area (Å²) >= 11 is 0. The lowest BCUT2D eigenvalue weighted by molar-refractivity contribution is 0.188. The van der Waals surface area contributed by atoms with Crippen LogP contribution >= 0.6 is 0 Å². The van der Waals surface area contributed by atoms with Gasteiger partial charge < -0.3 is 15.3 Å². The lowest BCUT2D eigenvalue weighted by Gasteiger charge is -2.36. The van der Waals surface area contributed by atoms with Crippen LogP contribution in [0.25, 0.3) is 0 Å². The molecule has 4 nitrogen and oxygen atoms in total. The van der Waals surface area contributed by atoms with Crippen LogP contribution in [0.5, 0.6) is 0 Å². The molecular weight excluding hydrogens is 269 g/mol. The fourth-order valence-electron chi connectivity index (χ4n) is 2.76. The zero-order chi connectivity index (χ0) is 15.1. The third-order valence-electron chi connectivity index (χ3n) is 3.95. The molecule has 0 saturated carbocycles. The van der Waals surface area contributed by atoms with Crippen LogP contribution in [0.15, 0.2) is 18.2 Å². The molecular formula is C16H26FN3O. The Balaban J connectivity index is 2.04. The predicted octanol–water partition coefficient (Wildman–Crippen LogP) is 1.44. The molecule has 0 amide bonds. The maximum absolute atomic E-state index is 14.1. The molecule has 1 saturated heterocycles. The zero-order valence-electron chi connectivity index (χ0n) is 12.8. The van der Waals surface area contributed by atoms with Gasteiger partial charge in [0.05, 0.1) is 6.61 Å². The molecule has 21 heavy (non-hydrogen) atoms. The van der Waals surface area contributed by atoms with Gasteiger partial charge in [-0.25, -0.2) is 4.39 Å². The number of piperazine rings is 1. The van der Waals surface area contributed by atoms with E-state index in [9.17, 15) is 4.39 Å². The number of nitrogens with one attached hydrogen (secondary N) is 1. The fourth-order valence-corrected chi connectivity index (χ4v) is 2.76. The maximum Gasteiger partial charge on any atom is 0.129 e. The van der Waals surface area contributed by atoms with Crippen molar-refractivity contribution in [2.45, 2.75) is 19.9 Å². The summed E-state index contributed by atoms with van der Waals surface area (Å²) in [6.45, 7) is 8.10. The molecule has 1 heterocycles. The van der Waals surface area contributed by atoms with Crippen molar-refractivity contribution < 1.29 is 9.50 Å². The number of aliphatic hydroxyl groups is 1. The molecule has 1 aromatic rings. The molecule has 0 aliphatic carbocycles. The van der Waals surface area contributed by atoms with E-state index in [1.165, 1.54) is 6.07 Å². The van der Waals surface area contributed by atoms with Gasteiger partial charge in [-0.15, -0.1) is 0 Å². The second-order valence-corrected chi connectivity index (χ2v) is 5.47. The molecule has 0 spiro atoms. The van der Waals surface area contributed by atoms with Gasteiger partial charge in [0.15, 0.2) is 0 Å². The average Bonchev–Trinajstić information content (AvgIpc) is 2.50. The molecule has 1 aromatic carbocycles. The van der Waals surface area contributed by atoms with Gasteiger partial charge in [-0.3, -0.25) is 4.90 Å². The summed E-state index contributed by atoms with van der Waals surface area (Å²) in [5.41, 5.74) is 1.77. The van der Waals surface area contributed by atoms with E-state index in [4.69, 9.17) is 5.11 Å². The lowest BCUT2D eigenvalue weighted by atomic mass is 10.1. The van der Waals surface area contributed by atoms with Crippen molar-refractivity contribution in [1.29, 1.82) is 0 Å². The lowest BCUT2D eigenvalue weighted by Crippen LogP contribution is -2.47. The zero-order valence-corrected chi connectivity index (χ0v) is 12.8. The molecule has 1 fully saturated rings. The molecule has 2 rings (SSSR count). The molecule has 118 valence electrons. The molecule has 0 bridgehead atoms. The summed E-state index contributed by atoms with van der Waals surface area (Å²) in [5, 5.41) is 12.3. The SMILES string of the molecule is CCCNCc1c(F)cccc1N1CCN(CCO)CC1. The summed E-state index contributed by atoms with van der Waals surface area (Å²) in [6.07, 6.45) is 1.05. The van der Waals surface area contributed by atoms with Crippen LogP contribution in [0.2, 0.25) is 0 Å². The Hall–Kier alpha value is -1.17. The second kappa shape index (κ2) is 8.32. The first kappa shape index (κ1) is 16.2. The van der Waals surface area contributed by atoms with Crippen LogP contribution < -0.4 is 10.2 Å². The van der Waals surface area contributed by atoms with Gasteiger partial charge in [0.1, 0.15) is 5.82 Å². The van der Waals surface area contributed by atoms with Gasteiger partial charge in [-0.2, -0.15) is 0 Å². The van der Waals surface area contributed by atoms with E-state index >= 15 is 0 Å². The van der Waals surface area contributed by atoms with E-state index in [0.717, 1.165) is 56.9 Å². The highest BCUT2D eigenvalue weighted by molar-refractivity contribution is 5.54. The predicted molar refractivity (Wildman–Crippen MR) is 84.1 cm³/mol. The number of aliphatic hydroxyl groups excluding tert-OH is 1. The fraction of sp³-hybridized carbons (Fsp3) is 0.625. The van der Waals surface area contributed by atoms with Crippen LogP contribution in [0, 0.1) is 5.82 Å². The Morgan fingerprint density at radius 1 is 1.24 bits per heavy atom. The summed E-state index contributed by atoms with van der Waals surface area (Å²) < 4.78 is 14.1. The molecule has 0 radical (unpaired) electrons. The molecule has 0 atom stereocenters. The third kappa shape index (κ3) is 4.40. The number of anilines is 1. The minimum atomic E-state index is -0.131. The summed E-state index contributed by atoms with van der Waals surface area (Å²) in [6, 6.07) is 5.33. The Labute approximate surface area is 126 Å². The average molecular weight is 295 g/mol. The number of hydrogen-bond donors (Lipinski definition) is 2. The van der Waals surface area contributed by atoms with Crippen LogP contribution in [-0.4, -0.2) is 55.9 Å². The second-order valence-electron chi connectivity index (χ2n) is 5.47. The number of benzene rings is 1.